The Balaban J connectivity index is 2.76. The zero-order valence-corrected chi connectivity index (χ0v) is 10.4. The van der Waals surface area contributed by atoms with Crippen LogP contribution in [0.4, 0.5) is 0 Å². The molecular weight excluding hydrogens is 190 g/mol. The van der Waals surface area contributed by atoms with Crippen LogP contribution in [0.2, 0.25) is 0 Å². The average Bonchev–Trinajstić information content (AvgIpc) is 2.60. The van der Waals surface area contributed by atoms with Crippen molar-refractivity contribution in [2.75, 3.05) is 6.54 Å². The molecule has 14 heavy (non-hydrogen) atoms. The molecule has 1 rings (SSSR count). The van der Waals surface area contributed by atoms with E-state index in [1.54, 1.807) is 0 Å². The van der Waals surface area contributed by atoms with Crippen molar-refractivity contribution in [2.45, 2.75) is 40.2 Å². The molecule has 0 radical (unpaired) electrons. The summed E-state index contributed by atoms with van der Waals surface area (Å²) in [6.07, 6.45) is 1.23. The van der Waals surface area contributed by atoms with Gasteiger partial charge in [-0.3, -0.25) is 0 Å². The largest absolute Gasteiger partial charge is 0.309 e. The Morgan fingerprint density at radius 1 is 1.36 bits per heavy atom. The van der Waals surface area contributed by atoms with Crippen molar-refractivity contribution in [2.24, 2.45) is 5.92 Å². The topological polar surface area (TPSA) is 12.0 Å². The Labute approximate surface area is 91.5 Å². The van der Waals surface area contributed by atoms with E-state index < -0.39 is 0 Å². The van der Waals surface area contributed by atoms with Crippen molar-refractivity contribution >= 4 is 11.3 Å². The first-order chi connectivity index (χ1) is 6.69. The summed E-state index contributed by atoms with van der Waals surface area (Å²) in [7, 11) is 0. The summed E-state index contributed by atoms with van der Waals surface area (Å²) in [5.74, 6) is 0.716. The summed E-state index contributed by atoms with van der Waals surface area (Å²) < 4.78 is 0. The van der Waals surface area contributed by atoms with Crippen LogP contribution in [0, 0.1) is 12.8 Å². The van der Waals surface area contributed by atoms with Gasteiger partial charge in [-0.25, -0.2) is 0 Å². The van der Waals surface area contributed by atoms with E-state index in [1.807, 2.05) is 11.3 Å². The normalized spacial score (nSPS) is 15.4. The molecule has 0 aliphatic rings. The third kappa shape index (κ3) is 2.82. The second-order valence-electron chi connectivity index (χ2n) is 3.87. The van der Waals surface area contributed by atoms with E-state index in [-0.39, 0.29) is 0 Å². The van der Waals surface area contributed by atoms with Crippen molar-refractivity contribution in [3.05, 3.63) is 21.9 Å². The highest BCUT2D eigenvalue weighted by atomic mass is 32.1. The van der Waals surface area contributed by atoms with E-state index >= 15 is 0 Å². The fourth-order valence-corrected chi connectivity index (χ4v) is 2.74. The van der Waals surface area contributed by atoms with Gasteiger partial charge < -0.3 is 5.32 Å². The number of aryl methyl sites for hydroxylation is 1. The van der Waals surface area contributed by atoms with E-state index in [4.69, 9.17) is 0 Å². The molecule has 0 bridgehead atoms. The van der Waals surface area contributed by atoms with Crippen molar-refractivity contribution in [1.82, 2.24) is 5.32 Å². The lowest BCUT2D eigenvalue weighted by Crippen LogP contribution is -2.25. The van der Waals surface area contributed by atoms with Gasteiger partial charge in [-0.1, -0.05) is 27.2 Å². The van der Waals surface area contributed by atoms with Gasteiger partial charge >= 0.3 is 0 Å². The van der Waals surface area contributed by atoms with Gasteiger partial charge in [-0.05, 0) is 31.5 Å². The van der Waals surface area contributed by atoms with Crippen LogP contribution in [0.5, 0.6) is 0 Å². The van der Waals surface area contributed by atoms with Crippen LogP contribution in [-0.2, 0) is 0 Å². The zero-order chi connectivity index (χ0) is 10.6. The molecule has 2 unspecified atom stereocenters. The van der Waals surface area contributed by atoms with Crippen molar-refractivity contribution in [3.8, 4) is 0 Å². The molecule has 0 fully saturated rings. The minimum Gasteiger partial charge on any atom is -0.309 e. The van der Waals surface area contributed by atoms with Crippen molar-refractivity contribution in [3.63, 3.8) is 0 Å². The van der Waals surface area contributed by atoms with Gasteiger partial charge in [0.1, 0.15) is 0 Å². The molecule has 1 N–H and O–H groups in total. The van der Waals surface area contributed by atoms with E-state index in [1.165, 1.54) is 16.2 Å². The van der Waals surface area contributed by atoms with E-state index in [0.717, 1.165) is 6.54 Å². The van der Waals surface area contributed by atoms with E-state index in [2.05, 4.69) is 45.1 Å². The van der Waals surface area contributed by atoms with E-state index in [0.29, 0.717) is 12.0 Å². The second kappa shape index (κ2) is 5.52. The predicted molar refractivity (Wildman–Crippen MR) is 64.9 cm³/mol. The van der Waals surface area contributed by atoms with Crippen LogP contribution in [0.3, 0.4) is 0 Å². The second-order valence-corrected chi connectivity index (χ2v) is 5.19. The lowest BCUT2D eigenvalue weighted by Gasteiger charge is -2.22. The number of hydrogen-bond acceptors (Lipinski definition) is 2. The van der Waals surface area contributed by atoms with Crippen LogP contribution in [0.1, 0.15) is 43.0 Å². The fraction of sp³-hybridized carbons (Fsp3) is 0.667. The Kier molecular flexibility index (Phi) is 4.63. The zero-order valence-electron chi connectivity index (χ0n) is 9.63. The summed E-state index contributed by atoms with van der Waals surface area (Å²) in [6.45, 7) is 9.98. The molecule has 1 aromatic heterocycles. The number of thiophene rings is 1. The average molecular weight is 211 g/mol. The monoisotopic (exact) mass is 211 g/mol. The van der Waals surface area contributed by atoms with Gasteiger partial charge in [0.25, 0.3) is 0 Å². The Bertz CT molecular complexity index is 267. The maximum absolute atomic E-state index is 3.57. The molecule has 2 atom stereocenters. The molecule has 2 heteroatoms. The lowest BCUT2D eigenvalue weighted by atomic mass is 9.98. The van der Waals surface area contributed by atoms with Crippen LogP contribution >= 0.6 is 11.3 Å². The standard InChI is InChI=1S/C12H21NS/c1-5-9(3)12(13-6-2)11-8-7-10(4)14-11/h7-9,12-13H,5-6H2,1-4H3. The summed E-state index contributed by atoms with van der Waals surface area (Å²) in [5, 5.41) is 3.57. The number of rotatable bonds is 5. The van der Waals surface area contributed by atoms with Crippen molar-refractivity contribution in [1.29, 1.82) is 0 Å². The highest BCUT2D eigenvalue weighted by Gasteiger charge is 2.17. The van der Waals surface area contributed by atoms with Gasteiger partial charge in [0.2, 0.25) is 0 Å². The summed E-state index contributed by atoms with van der Waals surface area (Å²) >= 11 is 1.92. The minimum absolute atomic E-state index is 0.545. The van der Waals surface area contributed by atoms with Crippen LogP contribution in [0.15, 0.2) is 12.1 Å². The minimum atomic E-state index is 0.545. The molecule has 1 heterocycles. The molecule has 0 saturated heterocycles. The molecular formula is C12H21NS. The summed E-state index contributed by atoms with van der Waals surface area (Å²) in [5.41, 5.74) is 0. The van der Waals surface area contributed by atoms with E-state index in [9.17, 15) is 0 Å². The molecule has 80 valence electrons. The molecule has 0 spiro atoms. The highest BCUT2D eigenvalue weighted by molar-refractivity contribution is 7.12. The van der Waals surface area contributed by atoms with Gasteiger partial charge in [0.15, 0.2) is 0 Å². The van der Waals surface area contributed by atoms with Crippen LogP contribution in [-0.4, -0.2) is 6.54 Å². The summed E-state index contributed by atoms with van der Waals surface area (Å²) in [6, 6.07) is 5.02. The first-order valence-electron chi connectivity index (χ1n) is 5.48. The van der Waals surface area contributed by atoms with Gasteiger partial charge in [-0.15, -0.1) is 11.3 Å². The first-order valence-corrected chi connectivity index (χ1v) is 6.30. The molecule has 1 aromatic rings. The van der Waals surface area contributed by atoms with Gasteiger partial charge in [0, 0.05) is 15.8 Å². The molecule has 0 aliphatic heterocycles. The fourth-order valence-electron chi connectivity index (χ4n) is 1.66. The Hall–Kier alpha value is -0.340. The Morgan fingerprint density at radius 3 is 2.50 bits per heavy atom. The molecule has 0 saturated carbocycles. The third-order valence-electron chi connectivity index (χ3n) is 2.70. The first kappa shape index (κ1) is 11.7. The predicted octanol–water partition coefficient (Wildman–Crippen LogP) is 3.75. The van der Waals surface area contributed by atoms with Crippen molar-refractivity contribution < 1.29 is 0 Å². The SMILES string of the molecule is CCNC(c1ccc(C)s1)C(C)CC. The summed E-state index contributed by atoms with van der Waals surface area (Å²) in [4.78, 5) is 2.89. The van der Waals surface area contributed by atoms with Gasteiger partial charge in [0.05, 0.1) is 0 Å². The number of hydrogen-bond donors (Lipinski definition) is 1. The molecule has 0 aromatic carbocycles. The van der Waals surface area contributed by atoms with Crippen LogP contribution < -0.4 is 5.32 Å². The third-order valence-corrected chi connectivity index (χ3v) is 3.79. The Morgan fingerprint density at radius 2 is 2.07 bits per heavy atom. The number of nitrogens with one attached hydrogen (secondary N) is 1. The maximum atomic E-state index is 3.57. The molecule has 0 amide bonds. The molecule has 1 nitrogen and oxygen atoms in total. The van der Waals surface area contributed by atoms with Crippen LogP contribution in [0.25, 0.3) is 0 Å². The quantitative estimate of drug-likeness (QED) is 0.782. The maximum Gasteiger partial charge on any atom is 0.0440 e. The lowest BCUT2D eigenvalue weighted by molar-refractivity contribution is 0.389. The smallest absolute Gasteiger partial charge is 0.0440 e. The molecule has 0 aliphatic carbocycles. The van der Waals surface area contributed by atoms with Gasteiger partial charge in [-0.2, -0.15) is 0 Å². The highest BCUT2D eigenvalue weighted by Crippen LogP contribution is 2.29.